The van der Waals surface area contributed by atoms with Crippen LogP contribution in [0, 0.1) is 5.41 Å². The molecule has 3 nitrogen and oxygen atoms in total. The maximum atomic E-state index is 14.9. The van der Waals surface area contributed by atoms with Crippen LogP contribution in [0.1, 0.15) is 32.4 Å². The molecule has 0 radical (unpaired) electrons. The minimum Gasteiger partial charge on any atom is -0.377 e. The van der Waals surface area contributed by atoms with Crippen LogP contribution in [0.5, 0.6) is 0 Å². The van der Waals surface area contributed by atoms with Crippen LogP contribution in [0.4, 0.5) is 5.69 Å². The van der Waals surface area contributed by atoms with E-state index in [1.54, 1.807) is 0 Å². The van der Waals surface area contributed by atoms with Crippen molar-refractivity contribution in [2.45, 2.75) is 32.9 Å². The molecule has 4 aromatic carbocycles. The summed E-state index contributed by atoms with van der Waals surface area (Å²) in [6, 6.07) is 40.0. The van der Waals surface area contributed by atoms with Gasteiger partial charge in [0.2, 0.25) is 7.29 Å². The molecule has 0 spiro atoms. The molecule has 4 heteroatoms. The summed E-state index contributed by atoms with van der Waals surface area (Å²) in [6.45, 7) is 6.61. The molecule has 34 heavy (non-hydrogen) atoms. The highest BCUT2D eigenvalue weighted by Gasteiger charge is 2.40. The van der Waals surface area contributed by atoms with Gasteiger partial charge in [-0.25, -0.2) is 0 Å². The highest BCUT2D eigenvalue weighted by molar-refractivity contribution is 7.76. The van der Waals surface area contributed by atoms with Gasteiger partial charge in [0.15, 0.2) is 0 Å². The van der Waals surface area contributed by atoms with Crippen molar-refractivity contribution in [3.05, 3.63) is 127 Å². The molecule has 0 fully saturated rings. The van der Waals surface area contributed by atoms with Gasteiger partial charge in [0.25, 0.3) is 0 Å². The molecule has 4 aromatic rings. The second-order valence-electron chi connectivity index (χ2n) is 9.65. The fourth-order valence-corrected chi connectivity index (χ4v) is 6.98. The van der Waals surface area contributed by atoms with Gasteiger partial charge in [-0.15, -0.1) is 0 Å². The molecule has 2 atom stereocenters. The zero-order valence-electron chi connectivity index (χ0n) is 20.1. The molecule has 2 unspecified atom stereocenters. The number of hydrogen-bond acceptors (Lipinski definition) is 2. The third-order valence-electron chi connectivity index (χ3n) is 6.08. The molecule has 2 N–H and O–H groups in total. The quantitative estimate of drug-likeness (QED) is 0.280. The Kier molecular flexibility index (Phi) is 7.36. The lowest BCUT2D eigenvalue weighted by atomic mass is 9.80. The van der Waals surface area contributed by atoms with E-state index in [9.17, 15) is 4.57 Å². The minimum atomic E-state index is -3.15. The number of para-hydroxylation sites is 1. The number of benzene rings is 4. The van der Waals surface area contributed by atoms with E-state index < -0.39 is 7.29 Å². The van der Waals surface area contributed by atoms with E-state index in [-0.39, 0.29) is 17.5 Å². The van der Waals surface area contributed by atoms with Crippen LogP contribution >= 0.6 is 7.29 Å². The summed E-state index contributed by atoms with van der Waals surface area (Å²) in [5.74, 6) is 0. The van der Waals surface area contributed by atoms with Crippen molar-refractivity contribution in [2.75, 3.05) is 5.32 Å². The summed E-state index contributed by atoms with van der Waals surface area (Å²) >= 11 is 0. The van der Waals surface area contributed by atoms with E-state index in [0.29, 0.717) is 0 Å². The summed E-state index contributed by atoms with van der Waals surface area (Å²) in [6.07, 6.45) is 0. The van der Waals surface area contributed by atoms with Gasteiger partial charge in [0, 0.05) is 22.3 Å². The van der Waals surface area contributed by atoms with Gasteiger partial charge in [0.1, 0.15) is 0 Å². The van der Waals surface area contributed by atoms with Crippen LogP contribution in [-0.2, 0) is 4.57 Å². The smallest absolute Gasteiger partial charge is 0.204 e. The molecule has 0 aliphatic heterocycles. The Bertz CT molecular complexity index is 1160. The molecule has 4 rings (SSSR count). The number of rotatable bonds is 8. The van der Waals surface area contributed by atoms with E-state index in [1.165, 1.54) is 0 Å². The number of hydrogen-bond donors (Lipinski definition) is 2. The van der Waals surface area contributed by atoms with Crippen molar-refractivity contribution >= 4 is 23.6 Å². The van der Waals surface area contributed by atoms with Crippen LogP contribution < -0.4 is 21.0 Å². The molecule has 0 aliphatic rings. The molecule has 0 saturated heterocycles. The summed E-state index contributed by atoms with van der Waals surface area (Å²) in [7, 11) is -3.15. The lowest BCUT2D eigenvalue weighted by Crippen LogP contribution is -2.48. The average Bonchev–Trinajstić information content (AvgIpc) is 2.87. The van der Waals surface area contributed by atoms with E-state index in [0.717, 1.165) is 21.9 Å². The molecule has 174 valence electrons. The fourth-order valence-electron chi connectivity index (χ4n) is 4.27. The number of nitrogens with one attached hydrogen (secondary N) is 2. The number of anilines is 1. The van der Waals surface area contributed by atoms with E-state index >= 15 is 0 Å². The molecule has 0 amide bonds. The lowest BCUT2D eigenvalue weighted by molar-refractivity contribution is 0.272. The van der Waals surface area contributed by atoms with Gasteiger partial charge in [-0.2, -0.15) is 0 Å². The molecule has 0 bridgehead atoms. The van der Waals surface area contributed by atoms with Crippen LogP contribution in [0.3, 0.4) is 0 Å². The van der Waals surface area contributed by atoms with Gasteiger partial charge < -0.3 is 5.32 Å². The second kappa shape index (κ2) is 10.4. The van der Waals surface area contributed by atoms with Gasteiger partial charge in [-0.1, -0.05) is 106 Å². The SMILES string of the molecule is CC(C)(C)C(NP(=O)(c1ccccc1)c1ccccc1)C(Nc1ccccc1)c1ccccc1. The second-order valence-corrected chi connectivity index (χ2v) is 12.2. The van der Waals surface area contributed by atoms with Crippen LogP contribution in [0.25, 0.3) is 0 Å². The first-order chi connectivity index (χ1) is 16.4. The van der Waals surface area contributed by atoms with Crippen LogP contribution in [0.15, 0.2) is 121 Å². The lowest BCUT2D eigenvalue weighted by Gasteiger charge is -2.41. The minimum absolute atomic E-state index is 0.107. The van der Waals surface area contributed by atoms with E-state index in [1.807, 2.05) is 84.9 Å². The molecule has 0 aromatic heterocycles. The van der Waals surface area contributed by atoms with Crippen molar-refractivity contribution < 1.29 is 4.57 Å². The first kappa shape index (κ1) is 24.0. The first-order valence-corrected chi connectivity index (χ1v) is 13.4. The standard InChI is InChI=1S/C30H33N2OP/c1-30(2,3)29(28(24-16-8-4-9-17-24)31-25-18-10-5-11-19-25)32-34(33,26-20-12-6-13-21-26)27-22-14-7-15-23-27/h4-23,28-29,31H,1-3H3,(H,32,33). The van der Waals surface area contributed by atoms with Gasteiger partial charge in [-0.3, -0.25) is 9.65 Å². The van der Waals surface area contributed by atoms with Gasteiger partial charge in [0.05, 0.1) is 6.04 Å². The van der Waals surface area contributed by atoms with Gasteiger partial charge >= 0.3 is 0 Å². The summed E-state index contributed by atoms with van der Waals surface area (Å²) in [4.78, 5) is 0. The Balaban J connectivity index is 1.84. The Labute approximate surface area is 203 Å². The Morgan fingerprint density at radius 3 is 1.47 bits per heavy atom. The Morgan fingerprint density at radius 2 is 1.03 bits per heavy atom. The van der Waals surface area contributed by atoms with Crippen molar-refractivity contribution in [2.24, 2.45) is 5.41 Å². The summed E-state index contributed by atoms with van der Waals surface area (Å²) in [5.41, 5.74) is 1.97. The third-order valence-corrected chi connectivity index (χ3v) is 8.77. The van der Waals surface area contributed by atoms with Crippen molar-refractivity contribution in [3.8, 4) is 0 Å². The highest BCUT2D eigenvalue weighted by atomic mass is 31.2. The fraction of sp³-hybridized carbons (Fsp3) is 0.200. The molecular weight excluding hydrogens is 435 g/mol. The monoisotopic (exact) mass is 468 g/mol. The third kappa shape index (κ3) is 5.50. The molecule has 0 saturated carbocycles. The van der Waals surface area contributed by atoms with E-state index in [2.05, 4.69) is 67.6 Å². The summed E-state index contributed by atoms with van der Waals surface area (Å²) in [5, 5.41) is 9.07. The molecular formula is C30H33N2OP. The Hall–Kier alpha value is -3.13. The molecule has 0 aliphatic carbocycles. The van der Waals surface area contributed by atoms with Gasteiger partial charge in [-0.05, 0) is 47.4 Å². The predicted octanol–water partition coefficient (Wildman–Crippen LogP) is 6.77. The largest absolute Gasteiger partial charge is 0.377 e. The van der Waals surface area contributed by atoms with E-state index in [4.69, 9.17) is 0 Å². The highest BCUT2D eigenvalue weighted by Crippen LogP contribution is 2.44. The predicted molar refractivity (Wildman–Crippen MR) is 145 cm³/mol. The maximum Gasteiger partial charge on any atom is 0.204 e. The van der Waals surface area contributed by atoms with Crippen molar-refractivity contribution in [1.29, 1.82) is 0 Å². The first-order valence-electron chi connectivity index (χ1n) is 11.7. The van der Waals surface area contributed by atoms with Crippen LogP contribution in [-0.4, -0.2) is 6.04 Å². The zero-order chi connectivity index (χ0) is 24.0. The van der Waals surface area contributed by atoms with Crippen LogP contribution in [0.2, 0.25) is 0 Å². The summed E-state index contributed by atoms with van der Waals surface area (Å²) < 4.78 is 14.9. The maximum absolute atomic E-state index is 14.9. The zero-order valence-corrected chi connectivity index (χ0v) is 21.0. The average molecular weight is 469 g/mol. The molecule has 0 heterocycles. The topological polar surface area (TPSA) is 41.1 Å². The Morgan fingerprint density at radius 1 is 0.618 bits per heavy atom. The van der Waals surface area contributed by atoms with Crippen molar-refractivity contribution in [3.63, 3.8) is 0 Å². The normalized spacial score (nSPS) is 13.7. The van der Waals surface area contributed by atoms with Crippen molar-refractivity contribution in [1.82, 2.24) is 5.09 Å².